The van der Waals surface area contributed by atoms with Crippen molar-refractivity contribution in [2.24, 2.45) is 0 Å². The summed E-state index contributed by atoms with van der Waals surface area (Å²) in [4.78, 5) is 12.4. The van der Waals surface area contributed by atoms with Gasteiger partial charge in [-0.25, -0.2) is 4.39 Å². The van der Waals surface area contributed by atoms with Gasteiger partial charge in [0.05, 0.1) is 5.92 Å². The summed E-state index contributed by atoms with van der Waals surface area (Å²) in [7, 11) is 0. The lowest BCUT2D eigenvalue weighted by molar-refractivity contribution is -0.138. The molecule has 0 fully saturated rings. The van der Waals surface area contributed by atoms with Gasteiger partial charge in [0.25, 0.3) is 0 Å². The van der Waals surface area contributed by atoms with E-state index in [4.69, 9.17) is 0 Å². The highest BCUT2D eigenvalue weighted by molar-refractivity contribution is 7.09. The molecule has 0 bridgehead atoms. The second-order valence-electron chi connectivity index (χ2n) is 4.06. The van der Waals surface area contributed by atoms with E-state index in [2.05, 4.69) is 0 Å². The summed E-state index contributed by atoms with van der Waals surface area (Å²) in [6, 6.07) is 9.75. The maximum absolute atomic E-state index is 13.1. The maximum atomic E-state index is 13.1. The average Bonchev–Trinajstić information content (AvgIpc) is 2.82. The van der Waals surface area contributed by atoms with E-state index in [0.29, 0.717) is 18.4 Å². The summed E-state index contributed by atoms with van der Waals surface area (Å²) in [6.45, 7) is 0. The van der Waals surface area contributed by atoms with E-state index >= 15 is 0 Å². The first kappa shape index (κ1) is 12.8. The third kappa shape index (κ3) is 3.17. The first-order chi connectivity index (χ1) is 8.66. The lowest BCUT2D eigenvalue weighted by Crippen LogP contribution is -2.12. The van der Waals surface area contributed by atoms with Gasteiger partial charge in [-0.05, 0) is 42.0 Å². The Kier molecular flexibility index (Phi) is 4.10. The second kappa shape index (κ2) is 5.78. The molecule has 4 heteroatoms. The van der Waals surface area contributed by atoms with Crippen LogP contribution in [-0.2, 0) is 11.2 Å². The van der Waals surface area contributed by atoms with Gasteiger partial charge in [0.2, 0.25) is 0 Å². The molecule has 0 radical (unpaired) electrons. The molecule has 1 heterocycles. The lowest BCUT2D eigenvalue weighted by Gasteiger charge is -2.12. The zero-order valence-electron chi connectivity index (χ0n) is 9.67. The van der Waals surface area contributed by atoms with Crippen LogP contribution in [0.5, 0.6) is 0 Å². The van der Waals surface area contributed by atoms with E-state index in [0.717, 1.165) is 4.88 Å². The highest BCUT2D eigenvalue weighted by Crippen LogP contribution is 2.24. The molecule has 2 aromatic rings. The van der Waals surface area contributed by atoms with Crippen molar-refractivity contribution in [1.82, 2.24) is 0 Å². The number of benzene rings is 1. The van der Waals surface area contributed by atoms with Gasteiger partial charge in [-0.1, -0.05) is 18.2 Å². The highest BCUT2D eigenvalue weighted by Gasteiger charge is 2.20. The fourth-order valence-electron chi connectivity index (χ4n) is 1.90. The molecule has 18 heavy (non-hydrogen) atoms. The summed E-state index contributed by atoms with van der Waals surface area (Å²) < 4.78 is 13.1. The van der Waals surface area contributed by atoms with E-state index in [1.54, 1.807) is 23.5 Å². The number of hydrogen-bond acceptors (Lipinski definition) is 2. The Morgan fingerprint density at radius 2 is 2.17 bits per heavy atom. The number of carboxylic acid groups (broad SMARTS) is 1. The quantitative estimate of drug-likeness (QED) is 0.894. The third-order valence-corrected chi connectivity index (χ3v) is 3.74. The van der Waals surface area contributed by atoms with Gasteiger partial charge in [0.1, 0.15) is 5.82 Å². The molecular weight excluding hydrogens is 251 g/mol. The normalized spacial score (nSPS) is 12.3. The van der Waals surface area contributed by atoms with Crippen LogP contribution in [0, 0.1) is 5.82 Å². The topological polar surface area (TPSA) is 37.3 Å². The monoisotopic (exact) mass is 264 g/mol. The number of thiophene rings is 1. The van der Waals surface area contributed by atoms with Crippen LogP contribution < -0.4 is 0 Å². The molecule has 1 atom stereocenters. The molecule has 1 aromatic carbocycles. The maximum Gasteiger partial charge on any atom is 0.310 e. The number of carbonyl (C=O) groups is 1. The van der Waals surface area contributed by atoms with Crippen molar-refractivity contribution in [2.75, 3.05) is 0 Å². The Morgan fingerprint density at radius 3 is 2.78 bits per heavy atom. The van der Waals surface area contributed by atoms with E-state index in [-0.39, 0.29) is 0 Å². The summed E-state index contributed by atoms with van der Waals surface area (Å²) in [5.41, 5.74) is 0.527. The van der Waals surface area contributed by atoms with Crippen LogP contribution in [0.15, 0.2) is 41.8 Å². The second-order valence-corrected chi connectivity index (χ2v) is 5.10. The number of halogens is 1. The third-order valence-electron chi connectivity index (χ3n) is 2.81. The number of rotatable bonds is 5. The molecular formula is C14H13FO2S. The predicted octanol–water partition coefficient (Wildman–Crippen LogP) is 3.69. The first-order valence-corrected chi connectivity index (χ1v) is 6.55. The summed E-state index contributed by atoms with van der Waals surface area (Å²) in [5.74, 6) is -1.95. The van der Waals surface area contributed by atoms with Crippen molar-refractivity contribution in [3.05, 3.63) is 58.0 Å². The van der Waals surface area contributed by atoms with E-state index < -0.39 is 17.7 Å². The lowest BCUT2D eigenvalue weighted by atomic mass is 9.94. The zero-order valence-corrected chi connectivity index (χ0v) is 10.5. The van der Waals surface area contributed by atoms with Crippen molar-refractivity contribution >= 4 is 17.3 Å². The largest absolute Gasteiger partial charge is 0.481 e. The fraction of sp³-hybridized carbons (Fsp3) is 0.214. The summed E-state index contributed by atoms with van der Waals surface area (Å²) >= 11 is 1.61. The standard InChI is InChI=1S/C14H13FO2S/c15-11-4-1-3-10(9-11)13(14(16)17)7-6-12-5-2-8-18-12/h1-5,8-9,13H,6-7H2,(H,16,17). The molecule has 0 saturated heterocycles. The number of aryl methyl sites for hydroxylation is 1. The van der Waals surface area contributed by atoms with Crippen molar-refractivity contribution in [1.29, 1.82) is 0 Å². The molecule has 0 saturated carbocycles. The number of carboxylic acids is 1. The highest BCUT2D eigenvalue weighted by atomic mass is 32.1. The molecule has 2 nitrogen and oxygen atoms in total. The summed E-state index contributed by atoms with van der Waals surface area (Å²) in [5, 5.41) is 11.2. The Balaban J connectivity index is 2.11. The van der Waals surface area contributed by atoms with E-state index in [1.165, 1.54) is 12.1 Å². The van der Waals surface area contributed by atoms with Crippen LogP contribution in [0.1, 0.15) is 22.8 Å². The van der Waals surface area contributed by atoms with Gasteiger partial charge in [-0.3, -0.25) is 4.79 Å². The van der Waals surface area contributed by atoms with Crippen LogP contribution in [0.25, 0.3) is 0 Å². The molecule has 0 aliphatic carbocycles. The Bertz CT molecular complexity index is 522. The van der Waals surface area contributed by atoms with Crippen molar-refractivity contribution in [2.45, 2.75) is 18.8 Å². The first-order valence-electron chi connectivity index (χ1n) is 5.67. The molecule has 2 rings (SSSR count). The fourth-order valence-corrected chi connectivity index (χ4v) is 2.62. The van der Waals surface area contributed by atoms with Crippen molar-refractivity contribution in [3.63, 3.8) is 0 Å². The molecule has 1 N–H and O–H groups in total. The Labute approximate surface area is 109 Å². The molecule has 94 valence electrons. The van der Waals surface area contributed by atoms with Crippen LogP contribution >= 0.6 is 11.3 Å². The van der Waals surface area contributed by atoms with Gasteiger partial charge >= 0.3 is 5.97 Å². The van der Waals surface area contributed by atoms with Crippen molar-refractivity contribution < 1.29 is 14.3 Å². The van der Waals surface area contributed by atoms with Gasteiger partial charge in [0.15, 0.2) is 0 Å². The SMILES string of the molecule is O=C(O)C(CCc1cccs1)c1cccc(F)c1. The molecule has 0 amide bonds. The smallest absolute Gasteiger partial charge is 0.310 e. The Hall–Kier alpha value is -1.68. The minimum Gasteiger partial charge on any atom is -0.481 e. The molecule has 0 aliphatic rings. The van der Waals surface area contributed by atoms with Crippen LogP contribution in [0.2, 0.25) is 0 Å². The molecule has 0 aliphatic heterocycles. The number of hydrogen-bond donors (Lipinski definition) is 1. The van der Waals surface area contributed by atoms with Gasteiger partial charge in [-0.15, -0.1) is 11.3 Å². The molecule has 1 aromatic heterocycles. The predicted molar refractivity (Wildman–Crippen MR) is 69.4 cm³/mol. The average molecular weight is 264 g/mol. The van der Waals surface area contributed by atoms with Gasteiger partial charge < -0.3 is 5.11 Å². The van der Waals surface area contributed by atoms with Crippen molar-refractivity contribution in [3.8, 4) is 0 Å². The van der Waals surface area contributed by atoms with Crippen LogP contribution in [0.4, 0.5) is 4.39 Å². The zero-order chi connectivity index (χ0) is 13.0. The number of aliphatic carboxylic acids is 1. The minimum absolute atomic E-state index is 0.394. The molecule has 1 unspecified atom stereocenters. The van der Waals surface area contributed by atoms with Gasteiger partial charge in [-0.2, -0.15) is 0 Å². The summed E-state index contributed by atoms with van der Waals surface area (Å²) in [6.07, 6.45) is 1.18. The van der Waals surface area contributed by atoms with E-state index in [1.807, 2.05) is 17.5 Å². The Morgan fingerprint density at radius 1 is 1.33 bits per heavy atom. The molecule has 0 spiro atoms. The van der Waals surface area contributed by atoms with Crippen LogP contribution in [-0.4, -0.2) is 11.1 Å². The van der Waals surface area contributed by atoms with Crippen LogP contribution in [0.3, 0.4) is 0 Å². The van der Waals surface area contributed by atoms with E-state index in [9.17, 15) is 14.3 Å². The van der Waals surface area contributed by atoms with Gasteiger partial charge in [0, 0.05) is 4.88 Å². The minimum atomic E-state index is -0.905.